The quantitative estimate of drug-likeness (QED) is 0.779. The number of hydrogen-bond acceptors (Lipinski definition) is 5. The molecule has 7 nitrogen and oxygen atoms in total. The van der Waals surface area contributed by atoms with Gasteiger partial charge >= 0.3 is 12.0 Å². The molecule has 0 saturated carbocycles. The highest BCUT2D eigenvalue weighted by atomic mass is 35.5. The van der Waals surface area contributed by atoms with Crippen molar-refractivity contribution >= 4 is 29.4 Å². The molecule has 0 aliphatic carbocycles. The van der Waals surface area contributed by atoms with E-state index in [9.17, 15) is 9.59 Å². The van der Waals surface area contributed by atoms with Crippen molar-refractivity contribution in [2.24, 2.45) is 0 Å². The van der Waals surface area contributed by atoms with Crippen LogP contribution in [0.3, 0.4) is 0 Å². The molecule has 22 heavy (non-hydrogen) atoms. The fourth-order valence-electron chi connectivity index (χ4n) is 2.24. The van der Waals surface area contributed by atoms with Crippen molar-refractivity contribution in [3.63, 3.8) is 0 Å². The van der Waals surface area contributed by atoms with Gasteiger partial charge in [0.05, 0.1) is 6.54 Å². The SMILES string of the molecule is CC(=O)OC1CN(C)C(=O)N1c1cc(C(C)(C)C)c(Cl)nn1. The summed E-state index contributed by atoms with van der Waals surface area (Å²) in [7, 11) is 1.63. The Kier molecular flexibility index (Phi) is 4.28. The molecule has 120 valence electrons. The van der Waals surface area contributed by atoms with E-state index < -0.39 is 12.2 Å². The van der Waals surface area contributed by atoms with Gasteiger partial charge in [-0.3, -0.25) is 4.79 Å². The lowest BCUT2D eigenvalue weighted by molar-refractivity contribution is -0.145. The second-order valence-electron chi connectivity index (χ2n) is 6.25. The maximum absolute atomic E-state index is 12.3. The van der Waals surface area contributed by atoms with Gasteiger partial charge in [-0.25, -0.2) is 9.69 Å². The van der Waals surface area contributed by atoms with Crippen LogP contribution in [0.5, 0.6) is 0 Å². The summed E-state index contributed by atoms with van der Waals surface area (Å²) in [6, 6.07) is 1.41. The molecule has 0 spiro atoms. The summed E-state index contributed by atoms with van der Waals surface area (Å²) < 4.78 is 5.20. The summed E-state index contributed by atoms with van der Waals surface area (Å²) in [5, 5.41) is 8.20. The predicted octanol–water partition coefficient (Wildman–Crippen LogP) is 2.19. The number of nitrogens with zero attached hydrogens (tertiary/aromatic N) is 4. The average molecular weight is 327 g/mol. The lowest BCUT2D eigenvalue weighted by Gasteiger charge is -2.24. The number of rotatable bonds is 2. The Bertz CT molecular complexity index is 615. The van der Waals surface area contributed by atoms with Gasteiger partial charge in [0.2, 0.25) is 6.23 Å². The minimum atomic E-state index is -0.724. The number of hydrogen-bond donors (Lipinski definition) is 0. The summed E-state index contributed by atoms with van der Waals surface area (Å²) in [6.07, 6.45) is -0.724. The van der Waals surface area contributed by atoms with E-state index in [1.54, 1.807) is 13.1 Å². The van der Waals surface area contributed by atoms with E-state index in [-0.39, 0.29) is 18.0 Å². The van der Waals surface area contributed by atoms with Gasteiger partial charge in [0.1, 0.15) is 0 Å². The number of ether oxygens (including phenoxy) is 1. The molecular weight excluding hydrogens is 308 g/mol. The molecule has 0 aromatic carbocycles. The predicted molar refractivity (Wildman–Crippen MR) is 81.8 cm³/mol. The lowest BCUT2D eigenvalue weighted by atomic mass is 9.88. The van der Waals surface area contributed by atoms with Crippen LogP contribution in [0.25, 0.3) is 0 Å². The molecule has 1 unspecified atom stereocenters. The van der Waals surface area contributed by atoms with Crippen molar-refractivity contribution in [1.29, 1.82) is 0 Å². The molecule has 2 amide bonds. The van der Waals surface area contributed by atoms with E-state index in [1.165, 1.54) is 16.7 Å². The van der Waals surface area contributed by atoms with Gasteiger partial charge in [-0.05, 0) is 11.5 Å². The van der Waals surface area contributed by atoms with Crippen molar-refractivity contribution in [1.82, 2.24) is 15.1 Å². The number of likely N-dealkylation sites (N-methyl/N-ethyl adjacent to an activating group) is 1. The number of halogens is 1. The van der Waals surface area contributed by atoms with E-state index in [2.05, 4.69) is 10.2 Å². The van der Waals surface area contributed by atoms with Crippen molar-refractivity contribution < 1.29 is 14.3 Å². The Morgan fingerprint density at radius 2 is 2.05 bits per heavy atom. The van der Waals surface area contributed by atoms with Gasteiger partial charge in [0.15, 0.2) is 11.0 Å². The van der Waals surface area contributed by atoms with E-state index >= 15 is 0 Å². The Morgan fingerprint density at radius 1 is 1.41 bits per heavy atom. The van der Waals surface area contributed by atoms with Crippen LogP contribution >= 0.6 is 11.6 Å². The normalized spacial score (nSPS) is 18.8. The molecule has 0 radical (unpaired) electrons. The summed E-state index contributed by atoms with van der Waals surface area (Å²) in [5.74, 6) is -0.147. The smallest absolute Gasteiger partial charge is 0.328 e. The van der Waals surface area contributed by atoms with Crippen LogP contribution in [-0.4, -0.2) is 46.9 Å². The van der Waals surface area contributed by atoms with Crippen LogP contribution in [-0.2, 0) is 14.9 Å². The van der Waals surface area contributed by atoms with E-state index in [0.717, 1.165) is 5.56 Å². The molecule has 1 aliphatic heterocycles. The first kappa shape index (κ1) is 16.5. The zero-order valence-corrected chi connectivity index (χ0v) is 14.0. The first-order valence-electron chi connectivity index (χ1n) is 6.86. The molecule has 1 aliphatic rings. The zero-order valence-electron chi connectivity index (χ0n) is 13.3. The highest BCUT2D eigenvalue weighted by molar-refractivity contribution is 6.30. The van der Waals surface area contributed by atoms with Crippen molar-refractivity contribution in [3.05, 3.63) is 16.8 Å². The number of esters is 1. The molecule has 1 fully saturated rings. The second kappa shape index (κ2) is 5.72. The van der Waals surface area contributed by atoms with Crippen molar-refractivity contribution in [2.45, 2.75) is 39.3 Å². The van der Waals surface area contributed by atoms with Gasteiger partial charge in [-0.1, -0.05) is 32.4 Å². The molecule has 2 heterocycles. The van der Waals surface area contributed by atoms with Gasteiger partial charge < -0.3 is 9.64 Å². The number of urea groups is 1. The molecule has 1 saturated heterocycles. The molecule has 8 heteroatoms. The van der Waals surface area contributed by atoms with Crippen LogP contribution < -0.4 is 4.90 Å². The maximum atomic E-state index is 12.3. The third-order valence-corrected chi connectivity index (χ3v) is 3.62. The molecule has 1 aromatic heterocycles. The molecule has 1 atom stereocenters. The number of amides is 2. The van der Waals surface area contributed by atoms with E-state index in [0.29, 0.717) is 11.0 Å². The van der Waals surface area contributed by atoms with Crippen LogP contribution in [0.2, 0.25) is 5.15 Å². The summed E-state index contributed by atoms with van der Waals surface area (Å²) in [5.41, 5.74) is 0.510. The van der Waals surface area contributed by atoms with Crippen LogP contribution in [0, 0.1) is 0 Å². The highest BCUT2D eigenvalue weighted by Gasteiger charge is 2.40. The highest BCUT2D eigenvalue weighted by Crippen LogP contribution is 2.32. The van der Waals surface area contributed by atoms with Crippen molar-refractivity contribution in [3.8, 4) is 0 Å². The summed E-state index contributed by atoms with van der Waals surface area (Å²) in [4.78, 5) is 26.3. The Morgan fingerprint density at radius 3 is 2.59 bits per heavy atom. The van der Waals surface area contributed by atoms with Gasteiger partial charge in [0, 0.05) is 19.5 Å². The molecular formula is C14H19ClN4O3. The van der Waals surface area contributed by atoms with Crippen molar-refractivity contribution in [2.75, 3.05) is 18.5 Å². The number of carbonyl (C=O) groups excluding carboxylic acids is 2. The van der Waals surface area contributed by atoms with Crippen LogP contribution in [0.4, 0.5) is 10.6 Å². The number of aromatic nitrogens is 2. The molecule has 0 bridgehead atoms. The third-order valence-electron chi connectivity index (χ3n) is 3.34. The largest absolute Gasteiger partial charge is 0.439 e. The first-order chi connectivity index (χ1) is 10.1. The van der Waals surface area contributed by atoms with E-state index in [1.807, 2.05) is 20.8 Å². The Labute approximate surface area is 134 Å². The van der Waals surface area contributed by atoms with Crippen LogP contribution in [0.15, 0.2) is 6.07 Å². The fraction of sp³-hybridized carbons (Fsp3) is 0.571. The maximum Gasteiger partial charge on any atom is 0.328 e. The van der Waals surface area contributed by atoms with Crippen LogP contribution in [0.1, 0.15) is 33.3 Å². The van der Waals surface area contributed by atoms with Gasteiger partial charge in [-0.15, -0.1) is 10.2 Å². The minimum Gasteiger partial charge on any atom is -0.439 e. The zero-order chi connectivity index (χ0) is 16.7. The van der Waals surface area contributed by atoms with Gasteiger partial charge in [0.25, 0.3) is 0 Å². The number of anilines is 1. The third kappa shape index (κ3) is 3.14. The monoisotopic (exact) mass is 326 g/mol. The standard InChI is InChI=1S/C14H19ClN4O3/c1-8(20)22-11-7-18(5)13(21)19(11)10-6-9(14(2,3)4)12(15)17-16-10/h6,11H,7H2,1-5H3. The van der Waals surface area contributed by atoms with E-state index in [4.69, 9.17) is 16.3 Å². The summed E-state index contributed by atoms with van der Waals surface area (Å²) in [6.45, 7) is 7.53. The molecule has 0 N–H and O–H groups in total. The molecule has 1 aromatic rings. The number of carbonyl (C=O) groups is 2. The lowest BCUT2D eigenvalue weighted by Crippen LogP contribution is -2.38. The minimum absolute atomic E-state index is 0.257. The second-order valence-corrected chi connectivity index (χ2v) is 6.61. The fourth-order valence-corrected chi connectivity index (χ4v) is 2.61. The van der Waals surface area contributed by atoms with Gasteiger partial charge in [-0.2, -0.15) is 0 Å². The topological polar surface area (TPSA) is 75.6 Å². The molecule has 2 rings (SSSR count). The Hall–Kier alpha value is -1.89. The summed E-state index contributed by atoms with van der Waals surface area (Å²) >= 11 is 6.10. The Balaban J connectivity index is 2.44. The average Bonchev–Trinajstić information content (AvgIpc) is 2.64. The first-order valence-corrected chi connectivity index (χ1v) is 7.24.